The van der Waals surface area contributed by atoms with E-state index in [4.69, 9.17) is 4.74 Å². The van der Waals surface area contributed by atoms with Gasteiger partial charge in [0.1, 0.15) is 0 Å². The first-order valence-electron chi connectivity index (χ1n) is 9.69. The standard InChI is InChI=1S/C19H30N4O2/c1-12-17(19(25-3)22(2)21-12)15-5-4-10-23(15)11-16(24)20-18(13-6-7-13)14-8-9-14/h13-15,18H,4-11H2,1-3H3,(H,20,24)/t15-/m1/s1. The zero-order chi connectivity index (χ0) is 17.6. The van der Waals surface area contributed by atoms with Gasteiger partial charge in [0.2, 0.25) is 11.8 Å². The highest BCUT2D eigenvalue weighted by Crippen LogP contribution is 2.44. The van der Waals surface area contributed by atoms with Crippen LogP contribution in [0.2, 0.25) is 0 Å². The summed E-state index contributed by atoms with van der Waals surface area (Å²) in [5.74, 6) is 2.50. The Morgan fingerprint density at radius 2 is 1.96 bits per heavy atom. The molecule has 1 aromatic heterocycles. The van der Waals surface area contributed by atoms with Gasteiger partial charge in [-0.2, -0.15) is 5.10 Å². The van der Waals surface area contributed by atoms with Crippen molar-refractivity contribution in [1.82, 2.24) is 20.0 Å². The first-order valence-corrected chi connectivity index (χ1v) is 9.69. The van der Waals surface area contributed by atoms with Crippen molar-refractivity contribution in [2.75, 3.05) is 20.2 Å². The Hall–Kier alpha value is -1.56. The van der Waals surface area contributed by atoms with Gasteiger partial charge in [-0.15, -0.1) is 0 Å². The van der Waals surface area contributed by atoms with E-state index in [1.165, 1.54) is 25.7 Å². The van der Waals surface area contributed by atoms with Crippen molar-refractivity contribution in [3.63, 3.8) is 0 Å². The fourth-order valence-electron chi connectivity index (χ4n) is 4.57. The molecule has 0 bridgehead atoms. The van der Waals surface area contributed by atoms with E-state index in [1.54, 1.807) is 11.8 Å². The Balaban J connectivity index is 1.44. The minimum Gasteiger partial charge on any atom is -0.481 e. The summed E-state index contributed by atoms with van der Waals surface area (Å²) in [6.45, 7) is 3.48. The fourth-order valence-corrected chi connectivity index (χ4v) is 4.57. The molecule has 138 valence electrons. The third kappa shape index (κ3) is 3.41. The molecule has 1 amide bonds. The van der Waals surface area contributed by atoms with E-state index in [2.05, 4.69) is 15.3 Å². The second-order valence-electron chi connectivity index (χ2n) is 8.03. The minimum atomic E-state index is 0.191. The molecule has 2 heterocycles. The van der Waals surface area contributed by atoms with Crippen molar-refractivity contribution >= 4 is 5.91 Å². The van der Waals surface area contributed by atoms with Crippen LogP contribution in [0.4, 0.5) is 0 Å². The molecule has 0 aromatic carbocycles. The lowest BCUT2D eigenvalue weighted by Crippen LogP contribution is -2.44. The number of hydrogen-bond donors (Lipinski definition) is 1. The van der Waals surface area contributed by atoms with Crippen LogP contribution in [0.15, 0.2) is 0 Å². The number of ether oxygens (including phenoxy) is 1. The average molecular weight is 346 g/mol. The van der Waals surface area contributed by atoms with Crippen molar-refractivity contribution in [3.05, 3.63) is 11.3 Å². The highest BCUT2D eigenvalue weighted by atomic mass is 16.5. The summed E-state index contributed by atoms with van der Waals surface area (Å²) in [4.78, 5) is 15.0. The number of likely N-dealkylation sites (tertiary alicyclic amines) is 1. The average Bonchev–Trinajstić information content (AvgIpc) is 3.49. The predicted molar refractivity (Wildman–Crippen MR) is 95.4 cm³/mol. The molecular formula is C19H30N4O2. The van der Waals surface area contributed by atoms with Gasteiger partial charge in [-0.05, 0) is 63.8 Å². The molecule has 6 heteroatoms. The molecule has 2 aliphatic carbocycles. The Labute approximate surface area is 149 Å². The monoisotopic (exact) mass is 346 g/mol. The zero-order valence-corrected chi connectivity index (χ0v) is 15.6. The molecule has 3 aliphatic rings. The molecule has 1 atom stereocenters. The van der Waals surface area contributed by atoms with Crippen LogP contribution in [0.25, 0.3) is 0 Å². The summed E-state index contributed by atoms with van der Waals surface area (Å²) >= 11 is 0. The van der Waals surface area contributed by atoms with Gasteiger partial charge in [0.25, 0.3) is 0 Å². The fraction of sp³-hybridized carbons (Fsp3) is 0.789. The topological polar surface area (TPSA) is 59.4 Å². The number of methoxy groups -OCH3 is 1. The quantitative estimate of drug-likeness (QED) is 0.822. The molecule has 1 aliphatic heterocycles. The summed E-state index contributed by atoms with van der Waals surface area (Å²) < 4.78 is 7.38. The van der Waals surface area contributed by atoms with Crippen LogP contribution < -0.4 is 10.1 Å². The first kappa shape index (κ1) is 16.9. The molecule has 1 aromatic rings. The lowest BCUT2D eigenvalue weighted by atomic mass is 10.0. The maximum Gasteiger partial charge on any atom is 0.234 e. The largest absolute Gasteiger partial charge is 0.481 e. The van der Waals surface area contributed by atoms with Gasteiger partial charge in [-0.25, -0.2) is 4.68 Å². The van der Waals surface area contributed by atoms with Crippen LogP contribution >= 0.6 is 0 Å². The van der Waals surface area contributed by atoms with Gasteiger partial charge in [0.15, 0.2) is 0 Å². The number of carbonyl (C=O) groups is 1. The summed E-state index contributed by atoms with van der Waals surface area (Å²) in [5.41, 5.74) is 2.15. The number of nitrogens with one attached hydrogen (secondary N) is 1. The molecule has 1 saturated heterocycles. The van der Waals surface area contributed by atoms with Crippen LogP contribution in [-0.4, -0.2) is 46.8 Å². The van der Waals surface area contributed by atoms with E-state index in [1.807, 2.05) is 14.0 Å². The molecule has 4 rings (SSSR count). The lowest BCUT2D eigenvalue weighted by molar-refractivity contribution is -0.123. The molecule has 0 spiro atoms. The van der Waals surface area contributed by atoms with Crippen molar-refractivity contribution < 1.29 is 9.53 Å². The molecule has 6 nitrogen and oxygen atoms in total. The molecule has 3 fully saturated rings. The van der Waals surface area contributed by atoms with Crippen LogP contribution in [-0.2, 0) is 11.8 Å². The normalized spacial score (nSPS) is 24.1. The molecule has 1 N–H and O–H groups in total. The number of rotatable bonds is 7. The summed E-state index contributed by atoms with van der Waals surface area (Å²) in [6, 6.07) is 0.665. The lowest BCUT2D eigenvalue weighted by Gasteiger charge is -2.26. The highest BCUT2D eigenvalue weighted by Gasteiger charge is 2.42. The summed E-state index contributed by atoms with van der Waals surface area (Å²) in [6.07, 6.45) is 7.34. The second-order valence-corrected chi connectivity index (χ2v) is 8.03. The number of nitrogens with zero attached hydrogens (tertiary/aromatic N) is 3. The Morgan fingerprint density at radius 1 is 1.28 bits per heavy atom. The Kier molecular flexibility index (Phi) is 4.48. The van der Waals surface area contributed by atoms with E-state index >= 15 is 0 Å². The Morgan fingerprint density at radius 3 is 2.56 bits per heavy atom. The smallest absolute Gasteiger partial charge is 0.234 e. The molecule has 0 unspecified atom stereocenters. The number of amides is 1. The van der Waals surface area contributed by atoms with E-state index < -0.39 is 0 Å². The number of hydrogen-bond acceptors (Lipinski definition) is 4. The second kappa shape index (κ2) is 6.63. The zero-order valence-electron chi connectivity index (χ0n) is 15.6. The van der Waals surface area contributed by atoms with Gasteiger partial charge < -0.3 is 10.1 Å². The van der Waals surface area contributed by atoms with Crippen LogP contribution in [0.1, 0.15) is 55.8 Å². The maximum atomic E-state index is 12.7. The third-order valence-electron chi connectivity index (χ3n) is 6.04. The van der Waals surface area contributed by atoms with Gasteiger partial charge in [0.05, 0.1) is 24.9 Å². The number of aromatic nitrogens is 2. The highest BCUT2D eigenvalue weighted by molar-refractivity contribution is 5.78. The van der Waals surface area contributed by atoms with Crippen LogP contribution in [0, 0.1) is 18.8 Å². The third-order valence-corrected chi connectivity index (χ3v) is 6.04. The first-order chi connectivity index (χ1) is 12.1. The van der Waals surface area contributed by atoms with Crippen molar-refractivity contribution in [2.24, 2.45) is 18.9 Å². The van der Waals surface area contributed by atoms with E-state index in [0.717, 1.165) is 48.4 Å². The van der Waals surface area contributed by atoms with Crippen LogP contribution in [0.5, 0.6) is 5.88 Å². The van der Waals surface area contributed by atoms with E-state index in [9.17, 15) is 4.79 Å². The predicted octanol–water partition coefficient (Wildman–Crippen LogP) is 2.18. The van der Waals surface area contributed by atoms with Crippen molar-refractivity contribution in [1.29, 1.82) is 0 Å². The number of carbonyl (C=O) groups excluding carboxylic acids is 1. The van der Waals surface area contributed by atoms with Crippen molar-refractivity contribution in [3.8, 4) is 5.88 Å². The maximum absolute atomic E-state index is 12.7. The van der Waals surface area contributed by atoms with Gasteiger partial charge in [0, 0.05) is 19.1 Å². The van der Waals surface area contributed by atoms with E-state index in [-0.39, 0.29) is 11.9 Å². The van der Waals surface area contributed by atoms with Gasteiger partial charge in [-0.3, -0.25) is 9.69 Å². The summed E-state index contributed by atoms with van der Waals surface area (Å²) in [7, 11) is 3.61. The number of aryl methyl sites for hydroxylation is 2. The Bertz CT molecular complexity index is 636. The summed E-state index contributed by atoms with van der Waals surface area (Å²) in [5, 5.41) is 7.87. The SMILES string of the molecule is COc1c([C@H]2CCCN2CC(=O)NC(C2CC2)C2CC2)c(C)nn1C. The van der Waals surface area contributed by atoms with Gasteiger partial charge in [-0.1, -0.05) is 0 Å². The molecular weight excluding hydrogens is 316 g/mol. The molecule has 2 saturated carbocycles. The minimum absolute atomic E-state index is 0.191. The van der Waals surface area contributed by atoms with Crippen molar-refractivity contribution in [2.45, 2.75) is 57.5 Å². The van der Waals surface area contributed by atoms with Gasteiger partial charge >= 0.3 is 0 Å². The van der Waals surface area contributed by atoms with Crippen LogP contribution in [0.3, 0.4) is 0 Å². The van der Waals surface area contributed by atoms with E-state index in [0.29, 0.717) is 12.6 Å². The molecule has 0 radical (unpaired) electrons. The molecule has 25 heavy (non-hydrogen) atoms.